The minimum absolute atomic E-state index is 0.0913. The molecule has 0 aliphatic carbocycles. The Morgan fingerprint density at radius 3 is 2.30 bits per heavy atom. The summed E-state index contributed by atoms with van der Waals surface area (Å²) in [6.45, 7) is 1.26. The van der Waals surface area contributed by atoms with Crippen molar-refractivity contribution in [3.8, 4) is 11.3 Å². The average molecular weight is 365 g/mol. The van der Waals surface area contributed by atoms with Crippen molar-refractivity contribution in [3.63, 3.8) is 0 Å². The van der Waals surface area contributed by atoms with E-state index < -0.39 is 27.8 Å². The highest BCUT2D eigenvalue weighted by Crippen LogP contribution is 2.40. The van der Waals surface area contributed by atoms with Gasteiger partial charge in [0.2, 0.25) is 0 Å². The normalized spacial score (nSPS) is 12.6. The molecule has 0 bridgehead atoms. The zero-order chi connectivity index (χ0) is 17.3. The van der Waals surface area contributed by atoms with E-state index in [-0.39, 0.29) is 22.8 Å². The first kappa shape index (κ1) is 17.9. The van der Waals surface area contributed by atoms with Crippen molar-refractivity contribution < 1.29 is 25.8 Å². The van der Waals surface area contributed by atoms with Crippen molar-refractivity contribution in [1.29, 1.82) is 0 Å². The summed E-state index contributed by atoms with van der Waals surface area (Å²) in [7, 11) is -3.86. The van der Waals surface area contributed by atoms with E-state index in [4.69, 9.17) is 0 Å². The molecule has 1 aromatic carbocycles. The van der Waals surface area contributed by atoms with Crippen LogP contribution in [-0.2, 0) is 33.5 Å². The number of alkyl halides is 3. The lowest BCUT2D eigenvalue weighted by atomic mass is 10.0. The maximum atomic E-state index is 13.1. The first-order valence-corrected chi connectivity index (χ1v) is 9.20. The van der Waals surface area contributed by atoms with Gasteiger partial charge in [0.25, 0.3) is 10.1 Å². The van der Waals surface area contributed by atoms with Gasteiger partial charge in [0.05, 0.1) is 18.6 Å². The number of nitrogens with zero attached hydrogens (tertiary/aromatic N) is 1. The Hall–Kier alpha value is -1.45. The summed E-state index contributed by atoms with van der Waals surface area (Å²) in [5.41, 5.74) is 1.35. The smallest absolute Gasteiger partial charge is 0.265 e. The van der Waals surface area contributed by atoms with E-state index in [1.54, 1.807) is 24.3 Å². The number of hydrogen-bond donors (Lipinski definition) is 0. The average Bonchev–Trinajstić information content (AvgIpc) is 2.88. The first-order chi connectivity index (χ1) is 10.6. The van der Waals surface area contributed by atoms with Gasteiger partial charge in [-0.3, -0.25) is 4.18 Å². The molecule has 0 N–H and O–H groups in total. The molecule has 2 rings (SSSR count). The molecule has 0 spiro atoms. The summed E-state index contributed by atoms with van der Waals surface area (Å²) < 4.78 is 69.9. The molecule has 4 nitrogen and oxygen atoms in total. The van der Waals surface area contributed by atoms with Gasteiger partial charge in [0.1, 0.15) is 4.88 Å². The summed E-state index contributed by atoms with van der Waals surface area (Å²) in [4.78, 5) is -0.948. The van der Waals surface area contributed by atoms with Crippen molar-refractivity contribution >= 4 is 21.7 Å². The topological polar surface area (TPSA) is 56.3 Å². The van der Waals surface area contributed by atoms with Crippen LogP contribution in [0.2, 0.25) is 0 Å². The van der Waals surface area contributed by atoms with Crippen LogP contribution in [0.4, 0.5) is 13.2 Å². The van der Waals surface area contributed by atoms with Gasteiger partial charge in [0, 0.05) is 11.1 Å². The Labute approximate surface area is 136 Å². The third kappa shape index (κ3) is 4.52. The molecule has 0 unspecified atom stereocenters. The van der Waals surface area contributed by atoms with E-state index in [2.05, 4.69) is 8.56 Å². The summed E-state index contributed by atoms with van der Waals surface area (Å²) >= 11 is 0.289. The zero-order valence-electron chi connectivity index (χ0n) is 12.3. The predicted octanol–water partition coefficient (Wildman–Crippen LogP) is 3.87. The predicted molar refractivity (Wildman–Crippen MR) is 81.6 cm³/mol. The molecule has 2 aromatic rings. The monoisotopic (exact) mass is 365 g/mol. The van der Waals surface area contributed by atoms with Crippen molar-refractivity contribution in [2.24, 2.45) is 0 Å². The minimum Gasteiger partial charge on any atom is -0.265 e. The van der Waals surface area contributed by atoms with E-state index in [9.17, 15) is 21.6 Å². The molecule has 0 radical (unpaired) electrons. The van der Waals surface area contributed by atoms with Crippen LogP contribution in [-0.4, -0.2) is 19.0 Å². The molecular weight excluding hydrogens is 351 g/mol. The molecule has 23 heavy (non-hydrogen) atoms. The molecule has 0 aliphatic heterocycles. The van der Waals surface area contributed by atoms with Gasteiger partial charge in [-0.15, -0.1) is 0 Å². The molecule has 0 aliphatic rings. The van der Waals surface area contributed by atoms with Crippen LogP contribution < -0.4 is 0 Å². The van der Waals surface area contributed by atoms with Crippen LogP contribution in [0.5, 0.6) is 0 Å². The largest absolute Gasteiger partial charge is 0.427 e. The lowest BCUT2D eigenvalue weighted by Crippen LogP contribution is -2.09. The van der Waals surface area contributed by atoms with Gasteiger partial charge in [-0.25, -0.2) is 0 Å². The lowest BCUT2D eigenvalue weighted by molar-refractivity contribution is -0.135. The molecule has 0 fully saturated rings. The first-order valence-electron chi connectivity index (χ1n) is 6.61. The Morgan fingerprint density at radius 2 is 1.83 bits per heavy atom. The number of aryl methyl sites for hydroxylation is 1. The van der Waals surface area contributed by atoms with Crippen LogP contribution in [0, 0.1) is 0 Å². The molecule has 126 valence electrons. The van der Waals surface area contributed by atoms with Crippen molar-refractivity contribution in [1.82, 2.24) is 4.37 Å². The molecule has 0 amide bonds. The van der Waals surface area contributed by atoms with Crippen LogP contribution in [0.25, 0.3) is 11.3 Å². The second-order valence-corrected chi connectivity index (χ2v) is 7.27. The summed E-state index contributed by atoms with van der Waals surface area (Å²) in [6.07, 6.45) is -3.03. The molecule has 0 saturated heterocycles. The summed E-state index contributed by atoms with van der Waals surface area (Å²) in [5, 5.41) is 0. The number of aromatic nitrogens is 1. The van der Waals surface area contributed by atoms with Gasteiger partial charge in [-0.1, -0.05) is 31.2 Å². The van der Waals surface area contributed by atoms with Crippen LogP contribution in [0.15, 0.2) is 24.3 Å². The molecular formula is C14H14F3NO3S2. The maximum Gasteiger partial charge on any atom is 0.427 e. The molecule has 0 saturated carbocycles. The van der Waals surface area contributed by atoms with Gasteiger partial charge >= 0.3 is 6.18 Å². The standard InChI is InChI=1S/C14H14F3NO3S2/c1-3-9-4-6-10(7-5-9)12-11(8-21-23(2,19)20)13(22-18-12)14(15,16)17/h4-7H,3,8H2,1-2H3. The Morgan fingerprint density at radius 1 is 1.22 bits per heavy atom. The number of halogens is 3. The fraction of sp³-hybridized carbons (Fsp3) is 0.357. The Balaban J connectivity index is 2.47. The highest BCUT2D eigenvalue weighted by molar-refractivity contribution is 7.85. The Bertz CT molecular complexity index is 781. The van der Waals surface area contributed by atoms with Crippen molar-refractivity contribution in [3.05, 3.63) is 40.3 Å². The van der Waals surface area contributed by atoms with E-state index in [0.717, 1.165) is 18.2 Å². The van der Waals surface area contributed by atoms with Crippen molar-refractivity contribution in [2.45, 2.75) is 26.1 Å². The number of rotatable bonds is 5. The van der Waals surface area contributed by atoms with Crippen LogP contribution >= 0.6 is 11.5 Å². The van der Waals surface area contributed by atoms with Crippen LogP contribution in [0.3, 0.4) is 0 Å². The molecule has 9 heteroatoms. The third-order valence-electron chi connectivity index (χ3n) is 3.10. The highest BCUT2D eigenvalue weighted by Gasteiger charge is 2.38. The van der Waals surface area contributed by atoms with Gasteiger partial charge in [0.15, 0.2) is 0 Å². The second-order valence-electron chi connectivity index (χ2n) is 4.85. The van der Waals surface area contributed by atoms with E-state index >= 15 is 0 Å². The van der Waals surface area contributed by atoms with Crippen molar-refractivity contribution in [2.75, 3.05) is 6.26 Å². The quantitative estimate of drug-likeness (QED) is 0.755. The fourth-order valence-electron chi connectivity index (χ4n) is 1.96. The van der Waals surface area contributed by atoms with E-state index in [0.29, 0.717) is 5.56 Å². The Kier molecular flexibility index (Phi) is 5.12. The van der Waals surface area contributed by atoms with Gasteiger partial charge in [-0.2, -0.15) is 26.0 Å². The van der Waals surface area contributed by atoms with Crippen LogP contribution in [0.1, 0.15) is 22.9 Å². The maximum absolute atomic E-state index is 13.1. The SMILES string of the molecule is CCc1ccc(-c2nsc(C(F)(F)F)c2COS(C)(=O)=O)cc1. The summed E-state index contributed by atoms with van der Waals surface area (Å²) in [6, 6.07) is 6.92. The third-order valence-corrected chi connectivity index (χ3v) is 4.58. The van der Waals surface area contributed by atoms with E-state index in [1.807, 2.05) is 6.92 Å². The fourth-order valence-corrected chi connectivity index (χ4v) is 3.06. The van der Waals surface area contributed by atoms with Gasteiger partial charge < -0.3 is 0 Å². The number of hydrogen-bond acceptors (Lipinski definition) is 5. The number of benzene rings is 1. The minimum atomic E-state index is -4.62. The lowest BCUT2D eigenvalue weighted by Gasteiger charge is -2.09. The molecule has 1 aromatic heterocycles. The molecule has 0 atom stereocenters. The second kappa shape index (κ2) is 6.58. The summed E-state index contributed by atoms with van der Waals surface area (Å²) in [5.74, 6) is 0. The van der Waals surface area contributed by atoms with E-state index in [1.165, 1.54) is 0 Å². The van der Waals surface area contributed by atoms with Gasteiger partial charge in [-0.05, 0) is 23.5 Å². The molecule has 1 heterocycles. The zero-order valence-corrected chi connectivity index (χ0v) is 14.0. The highest BCUT2D eigenvalue weighted by atomic mass is 32.2.